The smallest absolute Gasteiger partial charge is 0.156 e. The molecule has 2 aromatic heterocycles. The number of piperidine rings is 1. The summed E-state index contributed by atoms with van der Waals surface area (Å²) in [6.45, 7) is 5.84. The normalized spacial score (nSPS) is 15.9. The Hall–Kier alpha value is -2.73. The van der Waals surface area contributed by atoms with Crippen LogP contribution in [0.2, 0.25) is 0 Å². The summed E-state index contributed by atoms with van der Waals surface area (Å²) >= 11 is 0. The number of nitrogens with zero attached hydrogens (tertiary/aromatic N) is 3. The Labute approximate surface area is 165 Å². The van der Waals surface area contributed by atoms with E-state index in [-0.39, 0.29) is 0 Å². The fourth-order valence-electron chi connectivity index (χ4n) is 3.77. The predicted octanol–water partition coefficient (Wildman–Crippen LogP) is 3.32. The summed E-state index contributed by atoms with van der Waals surface area (Å²) < 4.78 is 0. The monoisotopic (exact) mass is 377 g/mol. The first-order valence-corrected chi connectivity index (χ1v) is 9.85. The van der Waals surface area contributed by atoms with Crippen molar-refractivity contribution < 1.29 is 4.79 Å². The summed E-state index contributed by atoms with van der Waals surface area (Å²) in [4.78, 5) is 26.3. The third kappa shape index (κ3) is 3.78. The van der Waals surface area contributed by atoms with Crippen LogP contribution in [-0.4, -0.2) is 40.4 Å². The van der Waals surface area contributed by atoms with Crippen molar-refractivity contribution in [3.05, 3.63) is 42.2 Å². The Balaban J connectivity index is 1.66. The number of nitrogens with one attached hydrogen (secondary N) is 1. The fraction of sp³-hybridized carbons (Fsp3) is 0.409. The van der Waals surface area contributed by atoms with Crippen molar-refractivity contribution >= 4 is 23.1 Å². The third-order valence-corrected chi connectivity index (χ3v) is 5.47. The predicted molar refractivity (Wildman–Crippen MR) is 112 cm³/mol. The van der Waals surface area contributed by atoms with Gasteiger partial charge in [-0.15, -0.1) is 0 Å². The minimum absolute atomic E-state index is 0.315. The number of benzene rings is 1. The molecule has 4 rings (SSSR count). The Kier molecular flexibility index (Phi) is 4.89. The van der Waals surface area contributed by atoms with E-state index in [0.717, 1.165) is 60.2 Å². The Morgan fingerprint density at radius 2 is 2.11 bits per heavy atom. The number of aromatic amines is 1. The molecule has 0 spiro atoms. The number of carbonyl (C=O) groups is 1. The van der Waals surface area contributed by atoms with E-state index in [1.165, 1.54) is 5.69 Å². The first-order valence-electron chi connectivity index (χ1n) is 9.85. The van der Waals surface area contributed by atoms with Crippen molar-refractivity contribution in [2.45, 2.75) is 39.2 Å². The van der Waals surface area contributed by atoms with Crippen molar-refractivity contribution in [2.75, 3.05) is 18.0 Å². The van der Waals surface area contributed by atoms with Crippen LogP contribution in [-0.2, 0) is 11.2 Å². The number of fused-ring (bicyclic) bond motifs is 1. The maximum Gasteiger partial charge on any atom is 0.156 e. The van der Waals surface area contributed by atoms with E-state index in [4.69, 9.17) is 10.7 Å². The van der Waals surface area contributed by atoms with E-state index >= 15 is 0 Å². The van der Waals surface area contributed by atoms with Gasteiger partial charge >= 0.3 is 0 Å². The first kappa shape index (κ1) is 18.6. The largest absolute Gasteiger partial charge is 0.371 e. The van der Waals surface area contributed by atoms with E-state index in [1.54, 1.807) is 6.20 Å². The van der Waals surface area contributed by atoms with Gasteiger partial charge in [-0.3, -0.25) is 0 Å². The van der Waals surface area contributed by atoms with E-state index < -0.39 is 5.41 Å². The average molecular weight is 377 g/mol. The van der Waals surface area contributed by atoms with Gasteiger partial charge in [0, 0.05) is 42.0 Å². The summed E-state index contributed by atoms with van der Waals surface area (Å²) in [7, 11) is 0. The van der Waals surface area contributed by atoms with E-state index in [0.29, 0.717) is 12.5 Å². The molecule has 0 atom stereocenters. The second kappa shape index (κ2) is 7.36. The molecule has 3 aromatic rings. The molecule has 6 nitrogen and oxygen atoms in total. The van der Waals surface area contributed by atoms with Crippen molar-refractivity contribution in [3.63, 3.8) is 0 Å². The lowest BCUT2D eigenvalue weighted by atomic mass is 9.88. The summed E-state index contributed by atoms with van der Waals surface area (Å²) in [5.74, 6) is 0. The summed E-state index contributed by atoms with van der Waals surface area (Å²) in [5, 5.41) is 0. The van der Waals surface area contributed by atoms with Crippen molar-refractivity contribution in [1.82, 2.24) is 15.0 Å². The molecule has 0 saturated carbocycles. The molecule has 3 heterocycles. The molecule has 0 aliphatic carbocycles. The lowest BCUT2D eigenvalue weighted by molar-refractivity contribution is -0.114. The maximum absolute atomic E-state index is 11.3. The standard InChI is InChI=1S/C22H27N5O/c1-22(2,14-28)11-16-12-24-21-20(16)26-19(13-25-21)15-4-3-5-18(10-15)27-8-6-17(23)7-9-27/h3-5,10,12-14,17H,6-9,11,23H2,1-2H3,(H,24,25). The van der Waals surface area contributed by atoms with Gasteiger partial charge in [-0.05, 0) is 37.0 Å². The quantitative estimate of drug-likeness (QED) is 0.666. The number of hydrogen-bond donors (Lipinski definition) is 2. The molecule has 28 heavy (non-hydrogen) atoms. The highest BCUT2D eigenvalue weighted by Crippen LogP contribution is 2.28. The number of aldehydes is 1. The molecule has 0 radical (unpaired) electrons. The van der Waals surface area contributed by atoms with Crippen LogP contribution in [0.1, 0.15) is 32.3 Å². The molecular weight excluding hydrogens is 350 g/mol. The molecule has 146 valence electrons. The molecular formula is C22H27N5O. The average Bonchev–Trinajstić information content (AvgIpc) is 3.10. The summed E-state index contributed by atoms with van der Waals surface area (Å²) in [6, 6.07) is 8.76. The molecule has 1 aromatic carbocycles. The van der Waals surface area contributed by atoms with Crippen LogP contribution >= 0.6 is 0 Å². The number of hydrogen-bond acceptors (Lipinski definition) is 5. The van der Waals surface area contributed by atoms with Gasteiger partial charge in [-0.25, -0.2) is 9.97 Å². The van der Waals surface area contributed by atoms with Crippen LogP contribution in [0.15, 0.2) is 36.7 Å². The second-order valence-electron chi connectivity index (χ2n) is 8.42. The van der Waals surface area contributed by atoms with E-state index in [1.807, 2.05) is 20.0 Å². The molecule has 0 unspecified atom stereocenters. The molecule has 3 N–H and O–H groups in total. The van der Waals surface area contributed by atoms with Gasteiger partial charge in [0.05, 0.1) is 11.9 Å². The lowest BCUT2D eigenvalue weighted by Crippen LogP contribution is -2.39. The topological polar surface area (TPSA) is 87.9 Å². The van der Waals surface area contributed by atoms with Crippen LogP contribution in [0.3, 0.4) is 0 Å². The van der Waals surface area contributed by atoms with Gasteiger partial charge in [-0.2, -0.15) is 0 Å². The Morgan fingerprint density at radius 1 is 1.32 bits per heavy atom. The van der Waals surface area contributed by atoms with Gasteiger partial charge in [0.15, 0.2) is 5.65 Å². The molecule has 1 saturated heterocycles. The van der Waals surface area contributed by atoms with E-state index in [2.05, 4.69) is 39.1 Å². The van der Waals surface area contributed by atoms with Gasteiger partial charge in [0.1, 0.15) is 11.8 Å². The summed E-state index contributed by atoms with van der Waals surface area (Å²) in [6.07, 6.45) is 7.38. The maximum atomic E-state index is 11.3. The first-order chi connectivity index (χ1) is 13.4. The van der Waals surface area contributed by atoms with Gasteiger partial charge in [0.2, 0.25) is 0 Å². The highest BCUT2D eigenvalue weighted by atomic mass is 16.1. The van der Waals surface area contributed by atoms with Gasteiger partial charge in [0.25, 0.3) is 0 Å². The lowest BCUT2D eigenvalue weighted by Gasteiger charge is -2.32. The van der Waals surface area contributed by atoms with Crippen LogP contribution in [0.5, 0.6) is 0 Å². The van der Waals surface area contributed by atoms with Gasteiger partial charge in [-0.1, -0.05) is 26.0 Å². The Bertz CT molecular complexity index is 986. The zero-order valence-electron chi connectivity index (χ0n) is 16.5. The molecule has 0 bridgehead atoms. The van der Waals surface area contributed by atoms with Crippen LogP contribution < -0.4 is 10.6 Å². The Morgan fingerprint density at radius 3 is 2.86 bits per heavy atom. The molecule has 1 fully saturated rings. The number of rotatable bonds is 5. The number of anilines is 1. The van der Waals surface area contributed by atoms with Crippen molar-refractivity contribution in [3.8, 4) is 11.3 Å². The number of carbonyl (C=O) groups excluding carboxylic acids is 1. The SMILES string of the molecule is CC(C)(C=O)Cc1c[nH]c2ncc(-c3cccc(N4CCC(N)CC4)c3)nc12. The molecule has 6 heteroatoms. The van der Waals surface area contributed by atoms with Gasteiger partial charge < -0.3 is 20.4 Å². The highest BCUT2D eigenvalue weighted by molar-refractivity contribution is 5.79. The van der Waals surface area contributed by atoms with Crippen LogP contribution in [0.4, 0.5) is 5.69 Å². The third-order valence-electron chi connectivity index (χ3n) is 5.47. The second-order valence-corrected chi connectivity index (χ2v) is 8.42. The van der Waals surface area contributed by atoms with Crippen molar-refractivity contribution in [2.24, 2.45) is 11.1 Å². The van der Waals surface area contributed by atoms with Crippen LogP contribution in [0.25, 0.3) is 22.4 Å². The minimum atomic E-state index is -0.429. The zero-order valence-corrected chi connectivity index (χ0v) is 16.5. The number of H-pyrrole nitrogens is 1. The highest BCUT2D eigenvalue weighted by Gasteiger charge is 2.21. The zero-order chi connectivity index (χ0) is 19.7. The van der Waals surface area contributed by atoms with Crippen LogP contribution in [0, 0.1) is 5.41 Å². The number of nitrogens with two attached hydrogens (primary N) is 1. The summed E-state index contributed by atoms with van der Waals surface area (Å²) in [5.41, 5.74) is 11.3. The van der Waals surface area contributed by atoms with Crippen molar-refractivity contribution in [1.29, 1.82) is 0 Å². The minimum Gasteiger partial charge on any atom is -0.371 e. The van der Waals surface area contributed by atoms with E-state index in [9.17, 15) is 4.79 Å². The number of aromatic nitrogens is 3. The molecule has 0 amide bonds. The fourth-order valence-corrected chi connectivity index (χ4v) is 3.77. The molecule has 1 aliphatic rings. The molecule has 1 aliphatic heterocycles.